The Kier molecular flexibility index (Phi) is 5.49. The van der Waals surface area contributed by atoms with Crippen molar-refractivity contribution in [3.8, 4) is 11.4 Å². The second kappa shape index (κ2) is 7.98. The summed E-state index contributed by atoms with van der Waals surface area (Å²) >= 11 is 3.13. The van der Waals surface area contributed by atoms with Crippen molar-refractivity contribution in [3.63, 3.8) is 0 Å². The first-order valence-corrected chi connectivity index (χ1v) is 8.28. The topological polar surface area (TPSA) is 78.1 Å². The lowest BCUT2D eigenvalue weighted by Gasteiger charge is -2.05. The van der Waals surface area contributed by atoms with Crippen LogP contribution in [0.2, 0.25) is 0 Å². The fourth-order valence-corrected chi connectivity index (χ4v) is 2.42. The van der Waals surface area contributed by atoms with E-state index in [1.54, 1.807) is 24.5 Å². The van der Waals surface area contributed by atoms with Crippen LogP contribution in [-0.4, -0.2) is 27.7 Å². The predicted octanol–water partition coefficient (Wildman–Crippen LogP) is 3.82. The number of esters is 1. The molecule has 0 spiro atoms. The molecule has 0 amide bonds. The SMILES string of the molecule is O=C(OCCCc1nc(-c2cccnc2)no1)c1ccc(Br)cc1F. The van der Waals surface area contributed by atoms with Crippen LogP contribution in [0.1, 0.15) is 22.7 Å². The Morgan fingerprint density at radius 2 is 2.20 bits per heavy atom. The number of nitrogens with zero attached hydrogens (tertiary/aromatic N) is 3. The van der Waals surface area contributed by atoms with Crippen molar-refractivity contribution in [1.82, 2.24) is 15.1 Å². The Labute approximate surface area is 151 Å². The van der Waals surface area contributed by atoms with Crippen molar-refractivity contribution in [1.29, 1.82) is 0 Å². The van der Waals surface area contributed by atoms with Gasteiger partial charge in [0.15, 0.2) is 0 Å². The van der Waals surface area contributed by atoms with Crippen molar-refractivity contribution in [2.24, 2.45) is 0 Å². The number of carbonyl (C=O) groups excluding carboxylic acids is 1. The van der Waals surface area contributed by atoms with Crippen molar-refractivity contribution < 1.29 is 18.4 Å². The zero-order valence-corrected chi connectivity index (χ0v) is 14.6. The summed E-state index contributed by atoms with van der Waals surface area (Å²) < 4.78 is 24.4. The van der Waals surface area contributed by atoms with Crippen molar-refractivity contribution in [3.05, 3.63) is 64.5 Å². The van der Waals surface area contributed by atoms with Crippen LogP contribution < -0.4 is 0 Å². The summed E-state index contributed by atoms with van der Waals surface area (Å²) in [7, 11) is 0. The highest BCUT2D eigenvalue weighted by atomic mass is 79.9. The second-order valence-corrected chi connectivity index (χ2v) is 6.03. The van der Waals surface area contributed by atoms with Gasteiger partial charge in [-0.1, -0.05) is 21.1 Å². The number of ether oxygens (including phenoxy) is 1. The van der Waals surface area contributed by atoms with Gasteiger partial charge >= 0.3 is 5.97 Å². The lowest BCUT2D eigenvalue weighted by atomic mass is 10.2. The van der Waals surface area contributed by atoms with Gasteiger partial charge in [0.25, 0.3) is 0 Å². The van der Waals surface area contributed by atoms with Gasteiger partial charge in [-0.05, 0) is 36.8 Å². The van der Waals surface area contributed by atoms with Crippen LogP contribution in [0.3, 0.4) is 0 Å². The van der Waals surface area contributed by atoms with Crippen LogP contribution in [-0.2, 0) is 11.2 Å². The van der Waals surface area contributed by atoms with Crippen LogP contribution in [0.5, 0.6) is 0 Å². The maximum Gasteiger partial charge on any atom is 0.341 e. The summed E-state index contributed by atoms with van der Waals surface area (Å²) in [6.07, 6.45) is 4.23. The van der Waals surface area contributed by atoms with E-state index in [-0.39, 0.29) is 12.2 Å². The molecule has 0 radical (unpaired) electrons. The Morgan fingerprint density at radius 3 is 2.96 bits per heavy atom. The zero-order valence-electron chi connectivity index (χ0n) is 13.0. The molecular formula is C17H13BrFN3O3. The number of aromatic nitrogens is 3. The number of halogens is 2. The van der Waals surface area contributed by atoms with Crippen molar-refractivity contribution in [2.45, 2.75) is 12.8 Å². The number of carbonyl (C=O) groups is 1. The summed E-state index contributed by atoms with van der Waals surface area (Å²) in [5.74, 6) is -0.439. The summed E-state index contributed by atoms with van der Waals surface area (Å²) in [4.78, 5) is 20.1. The van der Waals surface area contributed by atoms with Gasteiger partial charge in [-0.25, -0.2) is 9.18 Å². The lowest BCUT2D eigenvalue weighted by molar-refractivity contribution is 0.0493. The molecule has 0 saturated carbocycles. The maximum atomic E-state index is 13.7. The van der Waals surface area contributed by atoms with E-state index >= 15 is 0 Å². The number of hydrogen-bond acceptors (Lipinski definition) is 6. The third-order valence-corrected chi connectivity index (χ3v) is 3.80. The highest BCUT2D eigenvalue weighted by Gasteiger charge is 2.14. The molecule has 0 atom stereocenters. The zero-order chi connectivity index (χ0) is 17.6. The van der Waals surface area contributed by atoms with E-state index in [2.05, 4.69) is 31.1 Å². The van der Waals surface area contributed by atoms with Gasteiger partial charge in [-0.15, -0.1) is 0 Å². The molecule has 6 nitrogen and oxygen atoms in total. The average molecular weight is 406 g/mol. The van der Waals surface area contributed by atoms with Gasteiger partial charge in [0.1, 0.15) is 5.82 Å². The van der Waals surface area contributed by atoms with Crippen LogP contribution in [0.15, 0.2) is 51.7 Å². The average Bonchev–Trinajstić information content (AvgIpc) is 3.08. The molecule has 0 fully saturated rings. The van der Waals surface area contributed by atoms with E-state index in [1.165, 1.54) is 12.1 Å². The van der Waals surface area contributed by atoms with E-state index in [0.29, 0.717) is 29.0 Å². The molecule has 0 aliphatic heterocycles. The van der Waals surface area contributed by atoms with Gasteiger partial charge in [0, 0.05) is 28.9 Å². The number of aryl methyl sites for hydroxylation is 1. The van der Waals surface area contributed by atoms with Gasteiger partial charge in [-0.2, -0.15) is 4.98 Å². The molecule has 0 aliphatic rings. The minimum absolute atomic E-state index is 0.0974. The van der Waals surface area contributed by atoms with E-state index < -0.39 is 11.8 Å². The molecule has 0 aliphatic carbocycles. The van der Waals surface area contributed by atoms with Gasteiger partial charge in [0.2, 0.25) is 11.7 Å². The number of benzene rings is 1. The molecule has 2 heterocycles. The van der Waals surface area contributed by atoms with Crippen LogP contribution in [0.4, 0.5) is 4.39 Å². The maximum absolute atomic E-state index is 13.7. The molecule has 1 aromatic carbocycles. The minimum atomic E-state index is -0.702. The fraction of sp³-hybridized carbons (Fsp3) is 0.176. The van der Waals surface area contributed by atoms with Gasteiger partial charge in [-0.3, -0.25) is 4.98 Å². The smallest absolute Gasteiger partial charge is 0.341 e. The highest BCUT2D eigenvalue weighted by Crippen LogP contribution is 2.17. The first-order chi connectivity index (χ1) is 12.1. The number of hydrogen-bond donors (Lipinski definition) is 0. The number of pyridine rings is 1. The summed E-state index contributed by atoms with van der Waals surface area (Å²) in [5, 5.41) is 3.88. The third-order valence-electron chi connectivity index (χ3n) is 3.31. The quantitative estimate of drug-likeness (QED) is 0.458. The van der Waals surface area contributed by atoms with E-state index in [9.17, 15) is 9.18 Å². The molecule has 25 heavy (non-hydrogen) atoms. The largest absolute Gasteiger partial charge is 0.462 e. The molecule has 0 unspecified atom stereocenters. The molecule has 3 rings (SSSR count). The third kappa shape index (κ3) is 4.48. The molecular weight excluding hydrogens is 393 g/mol. The summed E-state index contributed by atoms with van der Waals surface area (Å²) in [6, 6.07) is 7.79. The molecule has 0 bridgehead atoms. The van der Waals surface area contributed by atoms with E-state index in [4.69, 9.17) is 9.26 Å². The Morgan fingerprint density at radius 1 is 1.32 bits per heavy atom. The Balaban J connectivity index is 1.49. The molecule has 128 valence electrons. The van der Waals surface area contributed by atoms with Crippen LogP contribution in [0.25, 0.3) is 11.4 Å². The molecule has 3 aromatic rings. The Hall–Kier alpha value is -2.61. The highest BCUT2D eigenvalue weighted by molar-refractivity contribution is 9.10. The first kappa shape index (κ1) is 17.2. The fourth-order valence-electron chi connectivity index (χ4n) is 2.09. The molecule has 8 heteroatoms. The molecule has 2 aromatic heterocycles. The normalized spacial score (nSPS) is 10.6. The van der Waals surface area contributed by atoms with E-state index in [1.807, 2.05) is 6.07 Å². The van der Waals surface area contributed by atoms with Crippen LogP contribution >= 0.6 is 15.9 Å². The summed E-state index contributed by atoms with van der Waals surface area (Å²) in [6.45, 7) is 0.124. The predicted molar refractivity (Wildman–Crippen MR) is 90.2 cm³/mol. The van der Waals surface area contributed by atoms with Crippen molar-refractivity contribution >= 4 is 21.9 Å². The van der Waals surface area contributed by atoms with Crippen molar-refractivity contribution in [2.75, 3.05) is 6.61 Å². The van der Waals surface area contributed by atoms with Gasteiger partial charge < -0.3 is 9.26 Å². The lowest BCUT2D eigenvalue weighted by Crippen LogP contribution is -2.09. The first-order valence-electron chi connectivity index (χ1n) is 7.48. The molecule has 0 N–H and O–H groups in total. The monoisotopic (exact) mass is 405 g/mol. The minimum Gasteiger partial charge on any atom is -0.462 e. The van der Waals surface area contributed by atoms with Crippen LogP contribution in [0, 0.1) is 5.82 Å². The second-order valence-electron chi connectivity index (χ2n) is 5.12. The number of rotatable bonds is 6. The van der Waals surface area contributed by atoms with Gasteiger partial charge in [0.05, 0.1) is 12.2 Å². The standard InChI is InChI=1S/C17H13BrFN3O3/c18-12-5-6-13(14(19)9-12)17(23)24-8-2-4-15-21-16(22-25-15)11-3-1-7-20-10-11/h1,3,5-7,9-10H,2,4,8H2. The van der Waals surface area contributed by atoms with E-state index in [0.717, 1.165) is 5.56 Å². The molecule has 0 saturated heterocycles. The Bertz CT molecular complexity index is 871. The summed E-state index contributed by atoms with van der Waals surface area (Å²) in [5.41, 5.74) is 0.662.